The molecule has 0 radical (unpaired) electrons. The van der Waals surface area contributed by atoms with Crippen LogP contribution >= 0.6 is 0 Å². The summed E-state index contributed by atoms with van der Waals surface area (Å²) < 4.78 is 13.6. The summed E-state index contributed by atoms with van der Waals surface area (Å²) in [5.41, 5.74) is 4.73. The Balaban J connectivity index is 1.65. The van der Waals surface area contributed by atoms with E-state index in [1.54, 1.807) is 4.90 Å². The number of carbonyl (C=O) groups excluding carboxylic acids is 1. The van der Waals surface area contributed by atoms with Crippen LogP contribution in [0.15, 0.2) is 12.1 Å². The van der Waals surface area contributed by atoms with Gasteiger partial charge in [0.15, 0.2) is 0 Å². The molecule has 0 spiro atoms. The number of nitrogens with two attached hydrogens (primary N) is 1. The van der Waals surface area contributed by atoms with Gasteiger partial charge >= 0.3 is 0 Å². The number of hydrogen-bond acceptors (Lipinski definition) is 5. The number of nitrogens with zero attached hydrogens (tertiary/aromatic N) is 2. The number of nitrogen functional groups attached to an aromatic ring is 1. The molecule has 7 nitrogen and oxygen atoms in total. The first-order valence-electron chi connectivity index (χ1n) is 8.21. The van der Waals surface area contributed by atoms with Crippen molar-refractivity contribution in [2.24, 2.45) is 5.92 Å². The van der Waals surface area contributed by atoms with E-state index in [0.717, 1.165) is 37.4 Å². The van der Waals surface area contributed by atoms with Crippen LogP contribution in [0.5, 0.6) is 0 Å². The van der Waals surface area contributed by atoms with Crippen molar-refractivity contribution >= 4 is 17.3 Å². The molecule has 1 saturated heterocycles. The molecule has 1 amide bonds. The summed E-state index contributed by atoms with van der Waals surface area (Å²) in [7, 11) is 0. The lowest BCUT2D eigenvalue weighted by Crippen LogP contribution is -2.45. The predicted molar refractivity (Wildman–Crippen MR) is 87.1 cm³/mol. The van der Waals surface area contributed by atoms with Gasteiger partial charge in [-0.2, -0.15) is 0 Å². The minimum atomic E-state index is -0.833. The SMILES string of the molecule is Nc1c(C(=O)N2CCC(NCC3CC3)CC2)cc(F)cc1[N+](=O)[O-]. The van der Waals surface area contributed by atoms with Gasteiger partial charge in [0.1, 0.15) is 11.5 Å². The zero-order chi connectivity index (χ0) is 17.3. The van der Waals surface area contributed by atoms with Crippen LogP contribution in [-0.4, -0.2) is 41.4 Å². The van der Waals surface area contributed by atoms with E-state index >= 15 is 0 Å². The van der Waals surface area contributed by atoms with Crippen LogP contribution in [0, 0.1) is 21.8 Å². The fraction of sp³-hybridized carbons (Fsp3) is 0.562. The van der Waals surface area contributed by atoms with Crippen molar-refractivity contribution in [3.8, 4) is 0 Å². The van der Waals surface area contributed by atoms with Crippen molar-refractivity contribution in [1.29, 1.82) is 0 Å². The highest BCUT2D eigenvalue weighted by Gasteiger charge is 2.29. The Labute approximate surface area is 139 Å². The largest absolute Gasteiger partial charge is 0.393 e. The highest BCUT2D eigenvalue weighted by Crippen LogP contribution is 2.29. The third kappa shape index (κ3) is 3.64. The van der Waals surface area contributed by atoms with Gasteiger partial charge in [0, 0.05) is 19.1 Å². The third-order valence-electron chi connectivity index (χ3n) is 4.72. The molecule has 3 N–H and O–H groups in total. The Kier molecular flexibility index (Phi) is 4.66. The number of carbonyl (C=O) groups is 1. The number of hydrogen-bond donors (Lipinski definition) is 2. The normalized spacial score (nSPS) is 18.6. The first-order valence-corrected chi connectivity index (χ1v) is 8.21. The van der Waals surface area contributed by atoms with Crippen LogP contribution < -0.4 is 11.1 Å². The second-order valence-electron chi connectivity index (χ2n) is 6.56. The van der Waals surface area contributed by atoms with Crippen molar-refractivity contribution in [1.82, 2.24) is 10.2 Å². The molecule has 1 heterocycles. The monoisotopic (exact) mass is 336 g/mol. The molecule has 1 aliphatic carbocycles. The van der Waals surface area contributed by atoms with Gasteiger partial charge < -0.3 is 16.0 Å². The van der Waals surface area contributed by atoms with E-state index in [-0.39, 0.29) is 11.3 Å². The average Bonchev–Trinajstić information content (AvgIpc) is 3.38. The lowest BCUT2D eigenvalue weighted by molar-refractivity contribution is -0.384. The summed E-state index contributed by atoms with van der Waals surface area (Å²) in [4.78, 5) is 24.3. The first kappa shape index (κ1) is 16.6. The fourth-order valence-corrected chi connectivity index (χ4v) is 3.04. The smallest absolute Gasteiger partial charge is 0.295 e. The number of amides is 1. The molecule has 130 valence electrons. The lowest BCUT2D eigenvalue weighted by atomic mass is 10.0. The molecule has 1 saturated carbocycles. The van der Waals surface area contributed by atoms with E-state index < -0.39 is 22.3 Å². The topological polar surface area (TPSA) is 102 Å². The van der Waals surface area contributed by atoms with E-state index in [0.29, 0.717) is 19.1 Å². The van der Waals surface area contributed by atoms with E-state index in [1.165, 1.54) is 12.8 Å². The van der Waals surface area contributed by atoms with Crippen molar-refractivity contribution in [3.05, 3.63) is 33.6 Å². The zero-order valence-corrected chi connectivity index (χ0v) is 13.3. The quantitative estimate of drug-likeness (QED) is 0.486. The van der Waals surface area contributed by atoms with Gasteiger partial charge in [0.2, 0.25) is 0 Å². The molecule has 8 heteroatoms. The Morgan fingerprint density at radius 2 is 2.00 bits per heavy atom. The highest BCUT2D eigenvalue weighted by atomic mass is 19.1. The van der Waals surface area contributed by atoms with Gasteiger partial charge in [0.05, 0.1) is 16.6 Å². The van der Waals surface area contributed by atoms with Crippen molar-refractivity contribution < 1.29 is 14.1 Å². The second-order valence-corrected chi connectivity index (χ2v) is 6.56. The number of nitro groups is 1. The molecule has 0 atom stereocenters. The van der Waals surface area contributed by atoms with E-state index in [4.69, 9.17) is 5.73 Å². The number of piperidine rings is 1. The van der Waals surface area contributed by atoms with Gasteiger partial charge in [-0.05, 0) is 44.2 Å². The maximum Gasteiger partial charge on any atom is 0.295 e. The molecule has 1 aliphatic heterocycles. The molecule has 2 fully saturated rings. The third-order valence-corrected chi connectivity index (χ3v) is 4.72. The Hall–Kier alpha value is -2.22. The minimum Gasteiger partial charge on any atom is -0.393 e. The van der Waals surface area contributed by atoms with Crippen LogP contribution in [0.25, 0.3) is 0 Å². The summed E-state index contributed by atoms with van der Waals surface area (Å²) in [5, 5.41) is 14.4. The minimum absolute atomic E-state index is 0.133. The Morgan fingerprint density at radius 1 is 1.33 bits per heavy atom. The summed E-state index contributed by atoms with van der Waals surface area (Å²) in [6.45, 7) is 2.09. The molecular weight excluding hydrogens is 315 g/mol. The number of nitro benzene ring substituents is 1. The van der Waals surface area contributed by atoms with Crippen LogP contribution in [-0.2, 0) is 0 Å². The number of nitrogens with one attached hydrogen (secondary N) is 1. The summed E-state index contributed by atoms with van der Waals surface area (Å²) >= 11 is 0. The van der Waals surface area contributed by atoms with Crippen molar-refractivity contribution in [2.45, 2.75) is 31.7 Å². The standard InChI is InChI=1S/C16H21FN4O3/c17-11-7-13(15(18)14(8-11)21(23)24)16(22)20-5-3-12(4-6-20)19-9-10-1-2-10/h7-8,10,12,19H,1-6,9,18H2. The van der Waals surface area contributed by atoms with E-state index in [1.807, 2.05) is 0 Å². The number of anilines is 1. The molecular formula is C16H21FN4O3. The summed E-state index contributed by atoms with van der Waals surface area (Å²) in [6.07, 6.45) is 4.22. The molecule has 1 aromatic carbocycles. The maximum atomic E-state index is 13.6. The maximum absolute atomic E-state index is 13.6. The lowest BCUT2D eigenvalue weighted by Gasteiger charge is -2.32. The van der Waals surface area contributed by atoms with Gasteiger partial charge in [-0.15, -0.1) is 0 Å². The summed E-state index contributed by atoms with van der Waals surface area (Å²) in [6, 6.07) is 2.09. The van der Waals surface area contributed by atoms with Crippen LogP contribution in [0.3, 0.4) is 0 Å². The van der Waals surface area contributed by atoms with Crippen molar-refractivity contribution in [3.63, 3.8) is 0 Å². The number of rotatable bonds is 5. The summed E-state index contributed by atoms with van der Waals surface area (Å²) in [5.74, 6) is -0.478. The van der Waals surface area contributed by atoms with Gasteiger partial charge in [-0.1, -0.05) is 0 Å². The van der Waals surface area contributed by atoms with Crippen LogP contribution in [0.2, 0.25) is 0 Å². The Morgan fingerprint density at radius 3 is 2.58 bits per heavy atom. The van der Waals surface area contributed by atoms with Crippen LogP contribution in [0.1, 0.15) is 36.0 Å². The molecule has 24 heavy (non-hydrogen) atoms. The van der Waals surface area contributed by atoms with E-state index in [2.05, 4.69) is 5.32 Å². The van der Waals surface area contributed by atoms with Gasteiger partial charge in [-0.25, -0.2) is 4.39 Å². The molecule has 3 rings (SSSR count). The number of likely N-dealkylation sites (tertiary alicyclic amines) is 1. The molecule has 1 aromatic rings. The Bertz CT molecular complexity index is 655. The highest BCUT2D eigenvalue weighted by molar-refractivity contribution is 6.01. The average molecular weight is 336 g/mol. The van der Waals surface area contributed by atoms with Crippen LogP contribution in [0.4, 0.5) is 15.8 Å². The molecule has 0 unspecified atom stereocenters. The first-order chi connectivity index (χ1) is 11.5. The molecule has 0 aromatic heterocycles. The second kappa shape index (κ2) is 6.72. The van der Waals surface area contributed by atoms with Crippen molar-refractivity contribution in [2.75, 3.05) is 25.4 Å². The molecule has 2 aliphatic rings. The van der Waals surface area contributed by atoms with Gasteiger partial charge in [0.25, 0.3) is 11.6 Å². The number of halogens is 1. The zero-order valence-electron chi connectivity index (χ0n) is 13.3. The number of benzene rings is 1. The van der Waals surface area contributed by atoms with Gasteiger partial charge in [-0.3, -0.25) is 14.9 Å². The predicted octanol–water partition coefficient (Wildman–Crippen LogP) is 1.92. The van der Waals surface area contributed by atoms with E-state index in [9.17, 15) is 19.3 Å². The molecule has 0 bridgehead atoms. The fourth-order valence-electron chi connectivity index (χ4n) is 3.04.